The monoisotopic (exact) mass is 462 g/mol. The fraction of sp³-hybridized carbons (Fsp3) is 0.238. The third kappa shape index (κ3) is 4.54. The first kappa shape index (κ1) is 19.7. The minimum absolute atomic E-state index is 0.0356. The Morgan fingerprint density at radius 1 is 1.21 bits per heavy atom. The number of carbonyl (C=O) groups excluding carboxylic acids is 1. The quantitative estimate of drug-likeness (QED) is 0.615. The molecule has 1 aliphatic rings. The Hall–Kier alpha value is -2.58. The van der Waals surface area contributed by atoms with E-state index >= 15 is 0 Å². The van der Waals surface area contributed by atoms with Gasteiger partial charge in [-0.1, -0.05) is 15.9 Å². The van der Waals surface area contributed by atoms with Gasteiger partial charge in [0.05, 0.1) is 6.10 Å². The molecule has 29 heavy (non-hydrogen) atoms. The number of rotatable bonds is 4. The van der Waals surface area contributed by atoms with Gasteiger partial charge in [-0.15, -0.1) is 0 Å². The molecular weight excluding hydrogens is 446 g/mol. The van der Waals surface area contributed by atoms with Crippen molar-refractivity contribution in [2.24, 2.45) is 4.99 Å². The average molecular weight is 463 g/mol. The van der Waals surface area contributed by atoms with Crippen molar-refractivity contribution in [3.05, 3.63) is 69.7 Å². The van der Waals surface area contributed by atoms with Crippen LogP contribution in [0.4, 0.5) is 14.5 Å². The Labute approximate surface area is 173 Å². The lowest BCUT2D eigenvalue weighted by Gasteiger charge is -2.11. The Balaban J connectivity index is 1.79. The molecule has 5 nitrogen and oxygen atoms in total. The number of nitrogens with one attached hydrogen (secondary N) is 1. The van der Waals surface area contributed by atoms with Gasteiger partial charge in [0.25, 0.3) is 5.91 Å². The molecule has 1 amide bonds. The van der Waals surface area contributed by atoms with Crippen molar-refractivity contribution < 1.29 is 22.7 Å². The summed E-state index contributed by atoms with van der Waals surface area (Å²) in [6.45, 7) is 1.03. The maximum atomic E-state index is 14.1. The van der Waals surface area contributed by atoms with Crippen LogP contribution in [0.1, 0.15) is 23.2 Å². The van der Waals surface area contributed by atoms with Gasteiger partial charge < -0.3 is 14.5 Å². The van der Waals surface area contributed by atoms with Crippen molar-refractivity contribution in [3.8, 4) is 0 Å². The van der Waals surface area contributed by atoms with Crippen LogP contribution in [-0.4, -0.2) is 25.2 Å². The molecule has 4 rings (SSSR count). The molecule has 1 aromatic heterocycles. The second-order valence-corrected chi connectivity index (χ2v) is 7.62. The molecule has 0 bridgehead atoms. The maximum Gasteiger partial charge on any atom is 0.256 e. The summed E-state index contributed by atoms with van der Waals surface area (Å²) in [6, 6.07) is 9.81. The smallest absolute Gasteiger partial charge is 0.256 e. The third-order valence-corrected chi connectivity index (χ3v) is 5.09. The fourth-order valence-corrected chi connectivity index (χ4v) is 3.51. The zero-order chi connectivity index (χ0) is 20.4. The van der Waals surface area contributed by atoms with Crippen molar-refractivity contribution in [3.63, 3.8) is 0 Å². The van der Waals surface area contributed by atoms with Gasteiger partial charge in [-0.3, -0.25) is 4.79 Å². The minimum Gasteiger partial charge on any atom is -0.438 e. The topological polar surface area (TPSA) is 63.8 Å². The highest BCUT2D eigenvalue weighted by Crippen LogP contribution is 2.22. The number of hydrogen-bond acceptors (Lipinski definition) is 4. The van der Waals surface area contributed by atoms with E-state index in [0.717, 1.165) is 35.5 Å². The van der Waals surface area contributed by atoms with Crippen LogP contribution in [0.5, 0.6) is 0 Å². The van der Waals surface area contributed by atoms with Gasteiger partial charge in [-0.2, -0.15) is 0 Å². The Bertz CT molecular complexity index is 1140. The second-order valence-electron chi connectivity index (χ2n) is 6.70. The molecule has 1 saturated heterocycles. The van der Waals surface area contributed by atoms with Crippen molar-refractivity contribution in [2.45, 2.75) is 18.9 Å². The maximum absolute atomic E-state index is 14.1. The van der Waals surface area contributed by atoms with Gasteiger partial charge in [0, 0.05) is 29.1 Å². The molecule has 2 heterocycles. The molecule has 2 aromatic carbocycles. The van der Waals surface area contributed by atoms with Crippen molar-refractivity contribution in [2.75, 3.05) is 13.2 Å². The number of amides is 1. The lowest BCUT2D eigenvalue weighted by Crippen LogP contribution is -2.34. The zero-order valence-corrected chi connectivity index (χ0v) is 16.8. The molecule has 1 unspecified atom stereocenters. The summed E-state index contributed by atoms with van der Waals surface area (Å²) >= 11 is 3.39. The predicted molar refractivity (Wildman–Crippen MR) is 107 cm³/mol. The van der Waals surface area contributed by atoms with Crippen molar-refractivity contribution in [1.82, 2.24) is 5.32 Å². The van der Waals surface area contributed by atoms with E-state index in [1.807, 2.05) is 0 Å². The van der Waals surface area contributed by atoms with Crippen LogP contribution in [0.15, 0.2) is 56.3 Å². The molecule has 1 aliphatic heterocycles. The first-order chi connectivity index (χ1) is 14.0. The highest BCUT2D eigenvalue weighted by atomic mass is 79.9. The Kier molecular flexibility index (Phi) is 5.73. The van der Waals surface area contributed by atoms with Crippen LogP contribution in [-0.2, 0) is 4.74 Å². The highest BCUT2D eigenvalue weighted by molar-refractivity contribution is 9.10. The molecule has 150 valence electrons. The molecular formula is C21H17BrF2N2O3. The Morgan fingerprint density at radius 3 is 2.86 bits per heavy atom. The molecule has 0 radical (unpaired) electrons. The van der Waals surface area contributed by atoms with Gasteiger partial charge in [0.15, 0.2) is 0 Å². The summed E-state index contributed by atoms with van der Waals surface area (Å²) in [5.74, 6) is -1.79. The molecule has 8 heteroatoms. The summed E-state index contributed by atoms with van der Waals surface area (Å²) in [4.78, 5) is 16.9. The fourth-order valence-electron chi connectivity index (χ4n) is 3.14. The van der Waals surface area contributed by atoms with E-state index in [0.29, 0.717) is 24.1 Å². The van der Waals surface area contributed by atoms with E-state index in [9.17, 15) is 13.6 Å². The van der Waals surface area contributed by atoms with Gasteiger partial charge >= 0.3 is 0 Å². The number of ether oxygens (including phenoxy) is 1. The number of carbonyl (C=O) groups is 1. The van der Waals surface area contributed by atoms with Crippen LogP contribution >= 0.6 is 15.9 Å². The second kappa shape index (κ2) is 8.42. The van der Waals surface area contributed by atoms with E-state index in [4.69, 9.17) is 9.15 Å². The van der Waals surface area contributed by atoms with Crippen LogP contribution in [0.3, 0.4) is 0 Å². The molecule has 1 atom stereocenters. The van der Waals surface area contributed by atoms with Gasteiger partial charge in [0.2, 0.25) is 5.55 Å². The van der Waals surface area contributed by atoms with Crippen molar-refractivity contribution >= 4 is 38.5 Å². The number of hydrogen-bond donors (Lipinski definition) is 1. The van der Waals surface area contributed by atoms with E-state index in [2.05, 4.69) is 26.2 Å². The van der Waals surface area contributed by atoms with Gasteiger partial charge in [-0.25, -0.2) is 13.8 Å². The largest absolute Gasteiger partial charge is 0.438 e. The van der Waals surface area contributed by atoms with E-state index in [1.54, 1.807) is 24.3 Å². The normalized spacial score (nSPS) is 17.1. The summed E-state index contributed by atoms with van der Waals surface area (Å²) in [5.41, 5.74) is 0.226. The zero-order valence-electron chi connectivity index (χ0n) is 15.3. The van der Waals surface area contributed by atoms with E-state index in [-0.39, 0.29) is 22.9 Å². The SMILES string of the molecule is O=C(NCC1CCCO1)c1cc2cc(Br)ccc2oc1=Nc1cc(F)ccc1F. The predicted octanol–water partition coefficient (Wildman–Crippen LogP) is 4.61. The Morgan fingerprint density at radius 2 is 2.07 bits per heavy atom. The van der Waals surface area contributed by atoms with Crippen LogP contribution in [0.2, 0.25) is 0 Å². The number of halogens is 3. The standard InChI is InChI=1S/C21H17BrF2N2O3/c22-13-3-6-19-12(8-13)9-16(20(27)25-11-15-2-1-7-28-15)21(29-19)26-18-10-14(23)4-5-17(18)24/h3-6,8-10,15H,1-2,7,11H2,(H,25,27). The third-order valence-electron chi connectivity index (χ3n) is 4.60. The summed E-state index contributed by atoms with van der Waals surface area (Å²) in [7, 11) is 0. The number of nitrogens with zero attached hydrogens (tertiary/aromatic N) is 1. The van der Waals surface area contributed by atoms with Crippen LogP contribution in [0.25, 0.3) is 11.0 Å². The van der Waals surface area contributed by atoms with Crippen LogP contribution < -0.4 is 10.9 Å². The average Bonchev–Trinajstić information content (AvgIpc) is 3.22. The number of fused-ring (bicyclic) bond motifs is 1. The molecule has 3 aromatic rings. The summed E-state index contributed by atoms with van der Waals surface area (Å²) < 4.78 is 39.7. The highest BCUT2D eigenvalue weighted by Gasteiger charge is 2.19. The first-order valence-electron chi connectivity index (χ1n) is 9.12. The van der Waals surface area contributed by atoms with Crippen molar-refractivity contribution in [1.29, 1.82) is 0 Å². The van der Waals surface area contributed by atoms with E-state index in [1.165, 1.54) is 0 Å². The van der Waals surface area contributed by atoms with Gasteiger partial charge in [-0.05, 0) is 49.2 Å². The molecule has 0 aliphatic carbocycles. The number of benzene rings is 2. The summed E-state index contributed by atoms with van der Waals surface area (Å²) in [5, 5.41) is 3.48. The lowest BCUT2D eigenvalue weighted by molar-refractivity contribution is 0.0854. The minimum atomic E-state index is -0.719. The van der Waals surface area contributed by atoms with E-state index < -0.39 is 17.5 Å². The molecule has 0 saturated carbocycles. The summed E-state index contributed by atoms with van der Waals surface area (Å²) in [6.07, 6.45) is 1.80. The molecule has 0 spiro atoms. The van der Waals surface area contributed by atoms with Gasteiger partial charge in [0.1, 0.15) is 28.5 Å². The molecule has 1 fully saturated rings. The van der Waals surface area contributed by atoms with Crippen LogP contribution in [0, 0.1) is 11.6 Å². The first-order valence-corrected chi connectivity index (χ1v) is 9.92. The molecule has 1 N–H and O–H groups in total. The lowest BCUT2D eigenvalue weighted by atomic mass is 10.1.